The minimum atomic E-state index is -1.65. The van der Waals surface area contributed by atoms with E-state index >= 15 is 0 Å². The molecule has 2 aromatic heterocycles. The SMILES string of the molecule is CC(C)(C)c1ccc(C(=O)NC(Cc2ccc(-c3ncc(-c4ccc(OC5CCCC5)cc4)cn3)cc2)C(=O)NC(C(=O)O)C(O)c2ccccc2)s1. The molecule has 10 nitrogen and oxygen atoms in total. The van der Waals surface area contributed by atoms with Gasteiger partial charge in [-0.15, -0.1) is 11.3 Å². The molecule has 0 spiro atoms. The summed E-state index contributed by atoms with van der Waals surface area (Å²) in [7, 11) is 0. The Labute approximate surface area is 313 Å². The maximum absolute atomic E-state index is 13.7. The van der Waals surface area contributed by atoms with Crippen LogP contribution in [-0.4, -0.2) is 56.2 Å². The van der Waals surface area contributed by atoms with Crippen LogP contribution in [0.5, 0.6) is 5.75 Å². The molecular formula is C42H44N4O6S. The second kappa shape index (κ2) is 16.5. The molecule has 3 unspecified atom stereocenters. The average Bonchev–Trinajstić information content (AvgIpc) is 3.88. The Bertz CT molecular complexity index is 2000. The third-order valence-corrected chi connectivity index (χ3v) is 10.8. The lowest BCUT2D eigenvalue weighted by molar-refractivity contribution is -0.145. The van der Waals surface area contributed by atoms with E-state index in [-0.39, 0.29) is 11.8 Å². The van der Waals surface area contributed by atoms with Gasteiger partial charge in [0.1, 0.15) is 17.9 Å². The van der Waals surface area contributed by atoms with Crippen molar-refractivity contribution in [3.05, 3.63) is 124 Å². The molecule has 4 N–H and O–H groups in total. The van der Waals surface area contributed by atoms with Gasteiger partial charge in [-0.3, -0.25) is 9.59 Å². The van der Waals surface area contributed by atoms with Crippen LogP contribution in [0.25, 0.3) is 22.5 Å². The summed E-state index contributed by atoms with van der Waals surface area (Å²) in [5.74, 6) is -1.22. The third-order valence-electron chi connectivity index (χ3n) is 9.31. The maximum atomic E-state index is 13.7. The Morgan fingerprint density at radius 1 is 0.830 bits per heavy atom. The number of carboxylic acid groups (broad SMARTS) is 1. The van der Waals surface area contributed by atoms with E-state index in [0.29, 0.717) is 27.9 Å². The molecule has 6 rings (SSSR count). The zero-order valence-corrected chi connectivity index (χ0v) is 30.8. The molecule has 11 heteroatoms. The molecule has 5 aromatic rings. The fourth-order valence-electron chi connectivity index (χ4n) is 6.25. The van der Waals surface area contributed by atoms with Crippen LogP contribution in [-0.2, 0) is 21.4 Å². The molecule has 2 heterocycles. The number of carbonyl (C=O) groups is 3. The first-order chi connectivity index (χ1) is 25.4. The largest absolute Gasteiger partial charge is 0.490 e. The van der Waals surface area contributed by atoms with Crippen molar-refractivity contribution in [1.29, 1.82) is 0 Å². The minimum Gasteiger partial charge on any atom is -0.490 e. The number of nitrogens with zero attached hydrogens (tertiary/aromatic N) is 2. The third kappa shape index (κ3) is 9.54. The van der Waals surface area contributed by atoms with Crippen molar-refractivity contribution in [1.82, 2.24) is 20.6 Å². The van der Waals surface area contributed by atoms with Crippen LogP contribution in [0.15, 0.2) is 103 Å². The average molecular weight is 733 g/mol. The first-order valence-electron chi connectivity index (χ1n) is 17.8. The highest BCUT2D eigenvalue weighted by molar-refractivity contribution is 7.14. The lowest BCUT2D eigenvalue weighted by Crippen LogP contribution is -2.54. The molecule has 2 amide bonds. The van der Waals surface area contributed by atoms with Crippen LogP contribution in [0.4, 0.5) is 0 Å². The number of thiophene rings is 1. The van der Waals surface area contributed by atoms with Crippen molar-refractivity contribution in [2.24, 2.45) is 0 Å². The molecule has 3 aromatic carbocycles. The number of benzene rings is 3. The quantitative estimate of drug-likeness (QED) is 0.0999. The van der Waals surface area contributed by atoms with Crippen LogP contribution < -0.4 is 15.4 Å². The first-order valence-corrected chi connectivity index (χ1v) is 18.6. The number of hydrogen-bond donors (Lipinski definition) is 4. The van der Waals surface area contributed by atoms with Crippen LogP contribution in [0.2, 0.25) is 0 Å². The summed E-state index contributed by atoms with van der Waals surface area (Å²) in [6, 6.07) is 24.3. The molecule has 0 aliphatic heterocycles. The number of aliphatic carboxylic acids is 1. The maximum Gasteiger partial charge on any atom is 0.329 e. The smallest absolute Gasteiger partial charge is 0.329 e. The molecule has 1 aliphatic rings. The van der Waals surface area contributed by atoms with Gasteiger partial charge >= 0.3 is 5.97 Å². The van der Waals surface area contributed by atoms with Crippen molar-refractivity contribution >= 4 is 29.1 Å². The number of hydrogen-bond acceptors (Lipinski definition) is 8. The van der Waals surface area contributed by atoms with Crippen LogP contribution in [0.3, 0.4) is 0 Å². The minimum absolute atomic E-state index is 0.0589. The summed E-state index contributed by atoms with van der Waals surface area (Å²) < 4.78 is 6.09. The van der Waals surface area contributed by atoms with Gasteiger partial charge in [0.2, 0.25) is 5.91 Å². The van der Waals surface area contributed by atoms with Gasteiger partial charge in [0.05, 0.1) is 11.0 Å². The molecule has 1 fully saturated rings. The normalized spacial score (nSPS) is 14.9. The van der Waals surface area contributed by atoms with Gasteiger partial charge in [-0.25, -0.2) is 14.8 Å². The number of ether oxygens (including phenoxy) is 1. The van der Waals surface area contributed by atoms with Gasteiger partial charge in [0, 0.05) is 34.8 Å². The Morgan fingerprint density at radius 2 is 1.47 bits per heavy atom. The Hall–Kier alpha value is -5.39. The molecule has 1 saturated carbocycles. The predicted octanol–water partition coefficient (Wildman–Crippen LogP) is 7.14. The monoisotopic (exact) mass is 732 g/mol. The first kappa shape index (κ1) is 37.4. The number of carbonyl (C=O) groups excluding carboxylic acids is 2. The molecule has 274 valence electrons. The van der Waals surface area contributed by atoms with E-state index in [9.17, 15) is 24.6 Å². The molecule has 53 heavy (non-hydrogen) atoms. The number of carboxylic acids is 1. The highest BCUT2D eigenvalue weighted by Crippen LogP contribution is 2.30. The molecule has 1 aliphatic carbocycles. The van der Waals surface area contributed by atoms with Gasteiger partial charge in [-0.05, 0) is 72.1 Å². The number of aliphatic hydroxyl groups is 1. The van der Waals surface area contributed by atoms with Gasteiger partial charge in [0.25, 0.3) is 5.91 Å². The molecule has 0 bridgehead atoms. The summed E-state index contributed by atoms with van der Waals surface area (Å²) in [6.07, 6.45) is 7.04. The van der Waals surface area contributed by atoms with Gasteiger partial charge < -0.3 is 25.6 Å². The van der Waals surface area contributed by atoms with E-state index in [4.69, 9.17) is 4.74 Å². The van der Waals surface area contributed by atoms with Crippen LogP contribution in [0.1, 0.15) is 78.2 Å². The van der Waals surface area contributed by atoms with Gasteiger partial charge in [0.15, 0.2) is 11.9 Å². The van der Waals surface area contributed by atoms with Crippen molar-refractivity contribution < 1.29 is 29.3 Å². The summed E-state index contributed by atoms with van der Waals surface area (Å²) in [5.41, 5.74) is 3.50. The number of nitrogens with one attached hydrogen (secondary N) is 2. The fraction of sp³-hybridized carbons (Fsp3) is 0.310. The lowest BCUT2D eigenvalue weighted by Gasteiger charge is -2.24. The Morgan fingerprint density at radius 3 is 2.08 bits per heavy atom. The zero-order valence-electron chi connectivity index (χ0n) is 30.0. The zero-order chi connectivity index (χ0) is 37.5. The standard InChI is InChI=1S/C42H44N4O6S/c1-42(2,3)35-22-21-34(53-35)40(49)45-33(39(48)46-36(41(50)51)37(47)28-9-5-4-6-10-28)23-26-13-15-29(16-14-26)38-43-24-30(25-44-38)27-17-19-32(20-18-27)52-31-11-7-8-12-31/h4-6,9-10,13-22,24-25,31,33,36-37,47H,7-8,11-12,23H2,1-3H3,(H,45,49)(H,46,48)(H,50,51). The molecular weight excluding hydrogens is 689 g/mol. The van der Waals surface area contributed by atoms with Crippen molar-refractivity contribution in [2.45, 2.75) is 82.6 Å². The van der Waals surface area contributed by atoms with Crippen LogP contribution >= 0.6 is 11.3 Å². The van der Waals surface area contributed by atoms with E-state index in [1.165, 1.54) is 24.2 Å². The Kier molecular flexibility index (Phi) is 11.6. The summed E-state index contributed by atoms with van der Waals surface area (Å²) in [4.78, 5) is 50.0. The van der Waals surface area contributed by atoms with Crippen molar-refractivity contribution in [3.8, 4) is 28.3 Å². The lowest BCUT2D eigenvalue weighted by atomic mass is 9.95. The number of aliphatic hydroxyl groups excluding tert-OH is 1. The Balaban J connectivity index is 1.16. The van der Waals surface area contributed by atoms with E-state index in [2.05, 4.69) is 41.4 Å². The highest BCUT2D eigenvalue weighted by Gasteiger charge is 2.33. The van der Waals surface area contributed by atoms with Crippen LogP contribution in [0, 0.1) is 0 Å². The van der Waals surface area contributed by atoms with Gasteiger partial charge in [-0.1, -0.05) is 87.5 Å². The van der Waals surface area contributed by atoms with E-state index < -0.39 is 36.0 Å². The van der Waals surface area contributed by atoms with E-state index in [0.717, 1.165) is 40.2 Å². The summed E-state index contributed by atoms with van der Waals surface area (Å²) in [6.45, 7) is 6.15. The van der Waals surface area contributed by atoms with E-state index in [1.54, 1.807) is 48.8 Å². The molecule has 3 atom stereocenters. The highest BCUT2D eigenvalue weighted by atomic mass is 32.1. The van der Waals surface area contributed by atoms with Gasteiger partial charge in [-0.2, -0.15) is 0 Å². The predicted molar refractivity (Wildman–Crippen MR) is 205 cm³/mol. The fourth-order valence-corrected chi connectivity index (χ4v) is 7.22. The second-order valence-electron chi connectivity index (χ2n) is 14.4. The molecule has 0 saturated heterocycles. The van der Waals surface area contributed by atoms with Crippen molar-refractivity contribution in [2.75, 3.05) is 0 Å². The number of aromatic nitrogens is 2. The van der Waals surface area contributed by atoms with E-state index in [1.807, 2.05) is 54.6 Å². The number of rotatable bonds is 13. The summed E-state index contributed by atoms with van der Waals surface area (Å²) >= 11 is 1.34. The van der Waals surface area contributed by atoms with Crippen molar-refractivity contribution in [3.63, 3.8) is 0 Å². The molecule has 0 radical (unpaired) electrons. The second-order valence-corrected chi connectivity index (χ2v) is 15.4. The topological polar surface area (TPSA) is 151 Å². The summed E-state index contributed by atoms with van der Waals surface area (Å²) in [5, 5.41) is 26.1. The number of amides is 2.